The quantitative estimate of drug-likeness (QED) is 0.908. The molecule has 0 spiro atoms. The normalized spacial score (nSPS) is 17.1. The topological polar surface area (TPSA) is 49.6 Å². The molecule has 1 aliphatic rings. The fourth-order valence-electron chi connectivity index (χ4n) is 2.58. The summed E-state index contributed by atoms with van der Waals surface area (Å²) in [5.41, 5.74) is 7.16. The molecule has 1 aliphatic heterocycles. The van der Waals surface area contributed by atoms with E-state index in [9.17, 15) is 9.18 Å². The Bertz CT molecular complexity index is 478. The first-order valence-electron chi connectivity index (χ1n) is 7.05. The fraction of sp³-hybridized carbons (Fsp3) is 0.533. The van der Waals surface area contributed by atoms with Gasteiger partial charge in [-0.25, -0.2) is 4.39 Å². The van der Waals surface area contributed by atoms with Gasteiger partial charge in [-0.1, -0.05) is 12.1 Å². The summed E-state index contributed by atoms with van der Waals surface area (Å²) in [4.78, 5) is 15.6. The third kappa shape index (κ3) is 3.77. The maximum Gasteiger partial charge on any atom is 0.219 e. The van der Waals surface area contributed by atoms with Crippen molar-refractivity contribution in [3.63, 3.8) is 0 Å². The number of nitrogens with two attached hydrogens (primary N) is 1. The third-order valence-corrected chi connectivity index (χ3v) is 3.77. The van der Waals surface area contributed by atoms with Gasteiger partial charge < -0.3 is 10.6 Å². The third-order valence-electron chi connectivity index (χ3n) is 3.77. The van der Waals surface area contributed by atoms with Crippen molar-refractivity contribution in [3.8, 4) is 0 Å². The van der Waals surface area contributed by atoms with Crippen LogP contribution in [0.3, 0.4) is 0 Å². The number of carbonyl (C=O) groups excluding carboxylic acids is 1. The van der Waals surface area contributed by atoms with Gasteiger partial charge >= 0.3 is 0 Å². The molecule has 1 aromatic rings. The van der Waals surface area contributed by atoms with Crippen LogP contribution in [0.4, 0.5) is 4.39 Å². The lowest BCUT2D eigenvalue weighted by Crippen LogP contribution is -2.33. The highest BCUT2D eigenvalue weighted by molar-refractivity contribution is 5.73. The fourth-order valence-corrected chi connectivity index (χ4v) is 2.58. The molecule has 1 aromatic carbocycles. The van der Waals surface area contributed by atoms with Gasteiger partial charge in [0.05, 0.1) is 0 Å². The molecule has 1 fully saturated rings. The van der Waals surface area contributed by atoms with E-state index < -0.39 is 0 Å². The Balaban J connectivity index is 1.98. The van der Waals surface area contributed by atoms with Gasteiger partial charge in [-0.15, -0.1) is 0 Å². The molecule has 0 bridgehead atoms. The number of nitrogens with zero attached hydrogens (tertiary/aromatic N) is 2. The smallest absolute Gasteiger partial charge is 0.219 e. The first kappa shape index (κ1) is 14.9. The zero-order valence-electron chi connectivity index (χ0n) is 11.9. The number of rotatable bonds is 3. The van der Waals surface area contributed by atoms with Crippen LogP contribution in [0.15, 0.2) is 18.2 Å². The minimum Gasteiger partial charge on any atom is -0.342 e. The van der Waals surface area contributed by atoms with Crippen molar-refractivity contribution < 1.29 is 9.18 Å². The predicted molar refractivity (Wildman–Crippen MR) is 76.4 cm³/mol. The van der Waals surface area contributed by atoms with Crippen LogP contribution < -0.4 is 5.73 Å². The minimum atomic E-state index is -0.241. The molecule has 1 heterocycles. The van der Waals surface area contributed by atoms with E-state index in [0.717, 1.165) is 44.7 Å². The predicted octanol–water partition coefficient (Wildman–Crippen LogP) is 1.34. The highest BCUT2D eigenvalue weighted by Crippen LogP contribution is 2.13. The van der Waals surface area contributed by atoms with E-state index in [-0.39, 0.29) is 18.3 Å². The number of hydrogen-bond acceptors (Lipinski definition) is 3. The highest BCUT2D eigenvalue weighted by atomic mass is 19.1. The number of hydrogen-bond donors (Lipinski definition) is 1. The summed E-state index contributed by atoms with van der Waals surface area (Å²) in [6.45, 7) is 6.01. The molecular formula is C15H22FN3O. The minimum absolute atomic E-state index is 0.138. The molecular weight excluding hydrogens is 257 g/mol. The lowest BCUT2D eigenvalue weighted by atomic mass is 10.1. The van der Waals surface area contributed by atoms with Gasteiger partial charge in [-0.05, 0) is 18.1 Å². The van der Waals surface area contributed by atoms with Crippen LogP contribution in [0.5, 0.6) is 0 Å². The van der Waals surface area contributed by atoms with Gasteiger partial charge in [0, 0.05) is 51.8 Å². The molecule has 0 aliphatic carbocycles. The highest BCUT2D eigenvalue weighted by Gasteiger charge is 2.16. The molecule has 20 heavy (non-hydrogen) atoms. The van der Waals surface area contributed by atoms with E-state index in [1.54, 1.807) is 6.92 Å². The van der Waals surface area contributed by atoms with Gasteiger partial charge in [0.25, 0.3) is 0 Å². The Labute approximate surface area is 119 Å². The summed E-state index contributed by atoms with van der Waals surface area (Å²) in [5, 5.41) is 0. The summed E-state index contributed by atoms with van der Waals surface area (Å²) >= 11 is 0. The standard InChI is InChI=1S/C15H22FN3O/c1-12(20)19-6-2-5-18(7-8-19)11-13-3-4-15(16)14(9-13)10-17/h3-4,9H,2,5-8,10-11,17H2,1H3. The summed E-state index contributed by atoms with van der Waals surface area (Å²) in [5.74, 6) is -0.103. The van der Waals surface area contributed by atoms with Crippen LogP contribution in [0.2, 0.25) is 0 Å². The number of benzene rings is 1. The monoisotopic (exact) mass is 279 g/mol. The molecule has 0 saturated carbocycles. The number of halogens is 1. The summed E-state index contributed by atoms with van der Waals surface area (Å²) in [7, 11) is 0. The van der Waals surface area contributed by atoms with Crippen molar-refractivity contribution in [2.45, 2.75) is 26.4 Å². The van der Waals surface area contributed by atoms with Gasteiger partial charge in [-0.2, -0.15) is 0 Å². The molecule has 1 amide bonds. The molecule has 0 unspecified atom stereocenters. The van der Waals surface area contributed by atoms with Crippen molar-refractivity contribution in [3.05, 3.63) is 35.1 Å². The number of carbonyl (C=O) groups is 1. The van der Waals surface area contributed by atoms with Crippen molar-refractivity contribution in [2.24, 2.45) is 5.73 Å². The second kappa shape index (κ2) is 6.81. The second-order valence-corrected chi connectivity index (χ2v) is 5.27. The Hall–Kier alpha value is -1.46. The maximum absolute atomic E-state index is 13.4. The lowest BCUT2D eigenvalue weighted by molar-refractivity contribution is -0.128. The molecule has 5 heteroatoms. The van der Waals surface area contributed by atoms with Crippen LogP contribution >= 0.6 is 0 Å². The Morgan fingerprint density at radius 3 is 2.80 bits per heavy atom. The van der Waals surface area contributed by atoms with Crippen molar-refractivity contribution >= 4 is 5.91 Å². The van der Waals surface area contributed by atoms with Crippen LogP contribution in [0.1, 0.15) is 24.5 Å². The van der Waals surface area contributed by atoms with E-state index in [0.29, 0.717) is 5.56 Å². The average molecular weight is 279 g/mol. The summed E-state index contributed by atoms with van der Waals surface area (Å²) < 4.78 is 13.4. The van der Waals surface area contributed by atoms with E-state index in [2.05, 4.69) is 4.90 Å². The average Bonchev–Trinajstić information content (AvgIpc) is 2.66. The zero-order chi connectivity index (χ0) is 14.5. The zero-order valence-corrected chi connectivity index (χ0v) is 11.9. The van der Waals surface area contributed by atoms with Gasteiger partial charge in [0.1, 0.15) is 5.82 Å². The Morgan fingerprint density at radius 1 is 1.30 bits per heavy atom. The van der Waals surface area contributed by atoms with Crippen LogP contribution in [-0.2, 0) is 17.9 Å². The van der Waals surface area contributed by atoms with E-state index in [1.807, 2.05) is 17.0 Å². The van der Waals surface area contributed by atoms with Crippen molar-refractivity contribution in [1.29, 1.82) is 0 Å². The van der Waals surface area contributed by atoms with E-state index >= 15 is 0 Å². The maximum atomic E-state index is 13.4. The molecule has 4 nitrogen and oxygen atoms in total. The summed E-state index contributed by atoms with van der Waals surface area (Å²) in [6, 6.07) is 5.13. The summed E-state index contributed by atoms with van der Waals surface area (Å²) in [6.07, 6.45) is 0.977. The molecule has 2 N–H and O–H groups in total. The van der Waals surface area contributed by atoms with Gasteiger partial charge in [-0.3, -0.25) is 9.69 Å². The van der Waals surface area contributed by atoms with Gasteiger partial charge in [0.15, 0.2) is 0 Å². The van der Waals surface area contributed by atoms with Crippen LogP contribution in [0, 0.1) is 5.82 Å². The van der Waals surface area contributed by atoms with Gasteiger partial charge in [0.2, 0.25) is 5.91 Å². The molecule has 0 atom stereocenters. The molecule has 0 aromatic heterocycles. The Morgan fingerprint density at radius 2 is 2.10 bits per heavy atom. The van der Waals surface area contributed by atoms with Crippen molar-refractivity contribution in [1.82, 2.24) is 9.80 Å². The Kier molecular flexibility index (Phi) is 5.09. The molecule has 0 radical (unpaired) electrons. The van der Waals surface area contributed by atoms with Crippen LogP contribution in [0.25, 0.3) is 0 Å². The largest absolute Gasteiger partial charge is 0.342 e. The van der Waals surface area contributed by atoms with E-state index in [4.69, 9.17) is 5.73 Å². The molecule has 1 saturated heterocycles. The van der Waals surface area contributed by atoms with Crippen LogP contribution in [-0.4, -0.2) is 41.9 Å². The number of amides is 1. The first-order chi connectivity index (χ1) is 9.60. The SMILES string of the molecule is CC(=O)N1CCCN(Cc2ccc(F)c(CN)c2)CC1. The molecule has 2 rings (SSSR count). The lowest BCUT2D eigenvalue weighted by Gasteiger charge is -2.21. The second-order valence-electron chi connectivity index (χ2n) is 5.27. The van der Waals surface area contributed by atoms with Crippen molar-refractivity contribution in [2.75, 3.05) is 26.2 Å². The first-order valence-corrected chi connectivity index (χ1v) is 7.05. The molecule has 110 valence electrons. The van der Waals surface area contributed by atoms with E-state index in [1.165, 1.54) is 6.07 Å².